The second-order valence-corrected chi connectivity index (χ2v) is 7.45. The van der Waals surface area contributed by atoms with E-state index in [1.54, 1.807) is 15.9 Å². The third-order valence-corrected chi connectivity index (χ3v) is 4.88. The number of aromatic nitrogens is 3. The van der Waals surface area contributed by atoms with Crippen molar-refractivity contribution < 1.29 is 27.4 Å². The van der Waals surface area contributed by atoms with Crippen molar-refractivity contribution in [3.63, 3.8) is 0 Å². The highest BCUT2D eigenvalue weighted by atomic mass is 79.9. The molecule has 1 aliphatic carbocycles. The number of halogens is 6. The van der Waals surface area contributed by atoms with Crippen LogP contribution in [-0.4, -0.2) is 30.8 Å². The van der Waals surface area contributed by atoms with Gasteiger partial charge in [0, 0.05) is 21.5 Å². The summed E-state index contributed by atoms with van der Waals surface area (Å²) in [6.07, 6.45) is -0.515. The van der Waals surface area contributed by atoms with Gasteiger partial charge in [0.05, 0.1) is 11.6 Å². The maximum Gasteiger partial charge on any atom is 0.475 e. The van der Waals surface area contributed by atoms with Crippen molar-refractivity contribution in [2.24, 2.45) is 5.92 Å². The van der Waals surface area contributed by atoms with Crippen molar-refractivity contribution in [2.45, 2.75) is 35.9 Å². The molecule has 0 aliphatic heterocycles. The largest absolute Gasteiger partial charge is 0.475 e. The minimum Gasteiger partial charge on any atom is -0.427 e. The van der Waals surface area contributed by atoms with Gasteiger partial charge in [-0.3, -0.25) is 0 Å². The number of benzene rings is 1. The van der Waals surface area contributed by atoms with Crippen LogP contribution in [0.1, 0.15) is 18.4 Å². The first-order valence-electron chi connectivity index (χ1n) is 7.51. The van der Waals surface area contributed by atoms with Crippen LogP contribution in [0.3, 0.4) is 0 Å². The molecule has 2 aromatic rings. The lowest BCUT2D eigenvalue weighted by Gasteiger charge is -2.30. The zero-order valence-corrected chi connectivity index (χ0v) is 15.4. The molecular weight excluding hydrogens is 446 g/mol. The first kappa shape index (κ1) is 19.4. The zero-order valence-electron chi connectivity index (χ0n) is 13.1. The predicted octanol–water partition coefficient (Wildman–Crippen LogP) is 4.19. The van der Waals surface area contributed by atoms with Gasteiger partial charge in [-0.05, 0) is 30.9 Å². The quantitative estimate of drug-likeness (QED) is 0.499. The van der Waals surface area contributed by atoms with E-state index in [1.165, 1.54) is 23.4 Å². The number of rotatable bonds is 7. The molecule has 1 N–H and O–H groups in total. The molecule has 3 rings (SSSR count). The van der Waals surface area contributed by atoms with Crippen molar-refractivity contribution in [3.05, 3.63) is 41.4 Å². The van der Waals surface area contributed by atoms with Gasteiger partial charge in [0.15, 0.2) is 0 Å². The highest BCUT2D eigenvalue weighted by Gasteiger charge is 2.58. The Morgan fingerprint density at radius 3 is 2.50 bits per heavy atom. The van der Waals surface area contributed by atoms with Crippen LogP contribution in [0.15, 0.2) is 30.9 Å². The minimum absolute atomic E-state index is 0.0627. The van der Waals surface area contributed by atoms with E-state index in [1.807, 2.05) is 0 Å². The summed E-state index contributed by atoms with van der Waals surface area (Å²) in [4.78, 5) is -0.740. The molecule has 1 heterocycles. The van der Waals surface area contributed by atoms with Crippen molar-refractivity contribution in [3.8, 4) is 5.75 Å². The van der Waals surface area contributed by atoms with Crippen LogP contribution in [-0.2, 0) is 12.1 Å². The Kier molecular flexibility index (Phi) is 4.95. The maximum atomic E-state index is 13.3. The fourth-order valence-electron chi connectivity index (χ4n) is 2.67. The number of hydrogen-bond donors (Lipinski definition) is 1. The molecule has 1 aliphatic rings. The van der Waals surface area contributed by atoms with Gasteiger partial charge in [0.2, 0.25) is 0 Å². The monoisotopic (exact) mass is 457 g/mol. The Morgan fingerprint density at radius 1 is 1.31 bits per heavy atom. The standard InChI is InChI=1S/C15H13BrClF4N3O2/c16-14(18,19)15(20,21)26-10-3-4-11(12(17)5-10)13(25,9-1-2-9)6-24-8-22-7-23-24/h3-5,7-9,25H,1-2,6H2. The molecule has 0 radical (unpaired) electrons. The summed E-state index contributed by atoms with van der Waals surface area (Å²) >= 11 is 7.73. The Morgan fingerprint density at radius 2 is 2.00 bits per heavy atom. The van der Waals surface area contributed by atoms with E-state index in [-0.39, 0.29) is 23.0 Å². The molecule has 1 fully saturated rings. The highest BCUT2D eigenvalue weighted by molar-refractivity contribution is 9.10. The predicted molar refractivity (Wildman–Crippen MR) is 87.5 cm³/mol. The first-order chi connectivity index (χ1) is 12.0. The smallest absolute Gasteiger partial charge is 0.427 e. The van der Waals surface area contributed by atoms with E-state index in [0.29, 0.717) is 0 Å². The van der Waals surface area contributed by atoms with E-state index in [2.05, 4.69) is 14.8 Å². The van der Waals surface area contributed by atoms with Crippen molar-refractivity contribution in [1.82, 2.24) is 14.8 Å². The molecule has 0 saturated heterocycles. The molecular formula is C15H13BrClF4N3O2. The molecule has 5 nitrogen and oxygen atoms in total. The van der Waals surface area contributed by atoms with E-state index < -0.39 is 22.3 Å². The Balaban J connectivity index is 1.88. The second-order valence-electron chi connectivity index (χ2n) is 6.05. The average molecular weight is 459 g/mol. The summed E-state index contributed by atoms with van der Waals surface area (Å²) in [5, 5.41) is 15.0. The lowest BCUT2D eigenvalue weighted by Crippen LogP contribution is -2.40. The van der Waals surface area contributed by atoms with Crippen LogP contribution in [0.2, 0.25) is 5.02 Å². The summed E-state index contributed by atoms with van der Waals surface area (Å²) in [7, 11) is 0. The van der Waals surface area contributed by atoms with Crippen LogP contribution >= 0.6 is 27.5 Å². The van der Waals surface area contributed by atoms with Gasteiger partial charge in [0.1, 0.15) is 24.0 Å². The molecule has 26 heavy (non-hydrogen) atoms. The van der Waals surface area contributed by atoms with Gasteiger partial charge >= 0.3 is 10.9 Å². The summed E-state index contributed by atoms with van der Waals surface area (Å²) in [6, 6.07) is 3.32. The first-order valence-corrected chi connectivity index (χ1v) is 8.68. The average Bonchev–Trinajstić information content (AvgIpc) is 3.26. The fourth-order valence-corrected chi connectivity index (χ4v) is 3.09. The summed E-state index contributed by atoms with van der Waals surface area (Å²) in [5.74, 6) is -0.647. The molecule has 0 amide bonds. The number of alkyl halides is 5. The summed E-state index contributed by atoms with van der Waals surface area (Å²) in [6.45, 7) is 0.0627. The normalized spacial score (nSPS) is 17.8. The highest BCUT2D eigenvalue weighted by Crippen LogP contribution is 2.49. The molecule has 142 valence electrons. The van der Waals surface area contributed by atoms with Crippen molar-refractivity contribution >= 4 is 27.5 Å². The van der Waals surface area contributed by atoms with Crippen LogP contribution in [0, 0.1) is 5.92 Å². The van der Waals surface area contributed by atoms with E-state index in [4.69, 9.17) is 11.6 Å². The fraction of sp³-hybridized carbons (Fsp3) is 0.467. The van der Waals surface area contributed by atoms with Crippen LogP contribution < -0.4 is 4.74 Å². The number of nitrogens with zero attached hydrogens (tertiary/aromatic N) is 3. The van der Waals surface area contributed by atoms with Crippen LogP contribution in [0.5, 0.6) is 5.75 Å². The molecule has 1 atom stereocenters. The molecule has 11 heteroatoms. The zero-order chi connectivity index (χ0) is 19.2. The van der Waals surface area contributed by atoms with Gasteiger partial charge < -0.3 is 9.84 Å². The van der Waals surface area contributed by atoms with Crippen molar-refractivity contribution in [2.75, 3.05) is 0 Å². The van der Waals surface area contributed by atoms with Gasteiger partial charge in [-0.2, -0.15) is 22.7 Å². The third kappa shape index (κ3) is 3.81. The molecule has 1 saturated carbocycles. The Bertz CT molecular complexity index is 784. The van der Waals surface area contributed by atoms with Gasteiger partial charge in [-0.1, -0.05) is 17.7 Å². The van der Waals surface area contributed by atoms with E-state index >= 15 is 0 Å². The number of ether oxygens (including phenoxy) is 1. The molecule has 1 aromatic carbocycles. The topological polar surface area (TPSA) is 60.2 Å². The van der Waals surface area contributed by atoms with E-state index in [0.717, 1.165) is 25.0 Å². The Labute approximate surface area is 159 Å². The van der Waals surface area contributed by atoms with Crippen LogP contribution in [0.25, 0.3) is 0 Å². The van der Waals surface area contributed by atoms with Gasteiger partial charge in [0.25, 0.3) is 0 Å². The SMILES string of the molecule is OC(Cn1cncn1)(c1ccc(OC(F)(F)C(F)(F)Br)cc1Cl)C1CC1. The summed E-state index contributed by atoms with van der Waals surface area (Å²) in [5.41, 5.74) is -1.12. The van der Waals surface area contributed by atoms with E-state index in [9.17, 15) is 22.7 Å². The lowest BCUT2D eigenvalue weighted by molar-refractivity contribution is -0.266. The Hall–Kier alpha value is -1.39. The molecule has 0 spiro atoms. The van der Waals surface area contributed by atoms with Gasteiger partial charge in [-0.25, -0.2) is 9.67 Å². The summed E-state index contributed by atoms with van der Waals surface area (Å²) < 4.78 is 57.9. The number of aliphatic hydroxyl groups is 1. The maximum absolute atomic E-state index is 13.3. The lowest BCUT2D eigenvalue weighted by atomic mass is 9.88. The van der Waals surface area contributed by atoms with Crippen molar-refractivity contribution in [1.29, 1.82) is 0 Å². The number of hydrogen-bond acceptors (Lipinski definition) is 4. The molecule has 0 bridgehead atoms. The third-order valence-electron chi connectivity index (χ3n) is 4.11. The van der Waals surface area contributed by atoms with Gasteiger partial charge in [-0.15, -0.1) is 0 Å². The van der Waals surface area contributed by atoms with Crippen LogP contribution in [0.4, 0.5) is 17.6 Å². The molecule has 1 unspecified atom stereocenters. The minimum atomic E-state index is -4.77. The second kappa shape index (κ2) is 6.65. The molecule has 1 aromatic heterocycles.